The maximum atomic E-state index is 11.9. The molecule has 0 fully saturated rings. The smallest absolute Gasteiger partial charge is 0.313 e. The molecular formula is C15H17NO2. The third kappa shape index (κ3) is 2.35. The van der Waals surface area contributed by atoms with Crippen molar-refractivity contribution in [3.63, 3.8) is 0 Å². The maximum Gasteiger partial charge on any atom is 0.313 e. The molecule has 0 bridgehead atoms. The van der Waals surface area contributed by atoms with Gasteiger partial charge in [-0.05, 0) is 29.7 Å². The number of ether oxygens (including phenoxy) is 1. The van der Waals surface area contributed by atoms with E-state index in [0.29, 0.717) is 0 Å². The molecular weight excluding hydrogens is 226 g/mol. The third-order valence-corrected chi connectivity index (χ3v) is 3.11. The molecule has 2 rings (SSSR count). The molecule has 0 aliphatic rings. The van der Waals surface area contributed by atoms with Crippen LogP contribution in [0.1, 0.15) is 25.3 Å². The summed E-state index contributed by atoms with van der Waals surface area (Å²) in [5.41, 5.74) is 1.92. The van der Waals surface area contributed by atoms with Crippen molar-refractivity contribution in [1.29, 1.82) is 0 Å². The predicted molar refractivity (Wildman–Crippen MR) is 71.3 cm³/mol. The lowest BCUT2D eigenvalue weighted by Crippen LogP contribution is -2.19. The van der Waals surface area contributed by atoms with Gasteiger partial charge in [0, 0.05) is 11.6 Å². The fraction of sp³-hybridized carbons (Fsp3) is 0.333. The van der Waals surface area contributed by atoms with Gasteiger partial charge in [-0.15, -0.1) is 0 Å². The van der Waals surface area contributed by atoms with Gasteiger partial charge < -0.3 is 4.74 Å². The molecule has 0 radical (unpaired) electrons. The molecule has 1 unspecified atom stereocenters. The Morgan fingerprint density at radius 2 is 2.06 bits per heavy atom. The van der Waals surface area contributed by atoms with E-state index in [-0.39, 0.29) is 17.8 Å². The minimum atomic E-state index is -0.223. The SMILES string of the molecule is COC(=O)C(c1ccc2ncccc2c1)C(C)C. The van der Waals surface area contributed by atoms with E-state index >= 15 is 0 Å². The lowest BCUT2D eigenvalue weighted by atomic mass is 9.88. The fourth-order valence-corrected chi connectivity index (χ4v) is 2.21. The first-order valence-corrected chi connectivity index (χ1v) is 6.06. The standard InChI is InChI=1S/C15H17NO2/c1-10(2)14(15(17)18-3)12-6-7-13-11(9-12)5-4-8-16-13/h4-10,14H,1-3H3. The summed E-state index contributed by atoms with van der Waals surface area (Å²) in [6.07, 6.45) is 1.77. The number of hydrogen-bond donors (Lipinski definition) is 0. The Morgan fingerprint density at radius 1 is 1.28 bits per heavy atom. The van der Waals surface area contributed by atoms with E-state index in [9.17, 15) is 4.79 Å². The Balaban J connectivity index is 2.48. The number of hydrogen-bond acceptors (Lipinski definition) is 3. The molecule has 3 nitrogen and oxygen atoms in total. The van der Waals surface area contributed by atoms with Crippen molar-refractivity contribution < 1.29 is 9.53 Å². The molecule has 1 atom stereocenters. The molecule has 1 heterocycles. The monoisotopic (exact) mass is 243 g/mol. The van der Waals surface area contributed by atoms with Crippen molar-refractivity contribution in [2.45, 2.75) is 19.8 Å². The van der Waals surface area contributed by atoms with Crippen LogP contribution in [0.15, 0.2) is 36.5 Å². The van der Waals surface area contributed by atoms with Crippen molar-refractivity contribution in [2.75, 3.05) is 7.11 Å². The second-order valence-electron chi connectivity index (χ2n) is 4.70. The van der Waals surface area contributed by atoms with Crippen LogP contribution in [0, 0.1) is 5.92 Å². The van der Waals surface area contributed by atoms with E-state index in [4.69, 9.17) is 4.74 Å². The number of pyridine rings is 1. The zero-order chi connectivity index (χ0) is 13.1. The highest BCUT2D eigenvalue weighted by molar-refractivity contribution is 5.83. The first-order chi connectivity index (χ1) is 8.63. The summed E-state index contributed by atoms with van der Waals surface area (Å²) in [6.45, 7) is 4.05. The molecule has 94 valence electrons. The third-order valence-electron chi connectivity index (χ3n) is 3.11. The zero-order valence-corrected chi connectivity index (χ0v) is 10.9. The topological polar surface area (TPSA) is 39.2 Å². The number of nitrogens with zero attached hydrogens (tertiary/aromatic N) is 1. The maximum absolute atomic E-state index is 11.9. The zero-order valence-electron chi connectivity index (χ0n) is 10.9. The van der Waals surface area contributed by atoms with Gasteiger partial charge in [-0.25, -0.2) is 0 Å². The van der Waals surface area contributed by atoms with Gasteiger partial charge in [-0.2, -0.15) is 0 Å². The Labute approximate surface area is 107 Å². The molecule has 0 N–H and O–H groups in total. The highest BCUT2D eigenvalue weighted by Gasteiger charge is 2.25. The van der Waals surface area contributed by atoms with Crippen molar-refractivity contribution in [3.05, 3.63) is 42.1 Å². The van der Waals surface area contributed by atoms with Crippen LogP contribution in [0.3, 0.4) is 0 Å². The quantitative estimate of drug-likeness (QED) is 0.777. The lowest BCUT2D eigenvalue weighted by Gasteiger charge is -2.19. The van der Waals surface area contributed by atoms with Gasteiger partial charge in [0.25, 0.3) is 0 Å². The molecule has 3 heteroatoms. The molecule has 18 heavy (non-hydrogen) atoms. The second kappa shape index (κ2) is 5.17. The number of benzene rings is 1. The van der Waals surface area contributed by atoms with Gasteiger partial charge in [0.2, 0.25) is 0 Å². The predicted octanol–water partition coefficient (Wildman–Crippen LogP) is 3.15. The number of aromatic nitrogens is 1. The number of esters is 1. The van der Waals surface area contributed by atoms with Crippen molar-refractivity contribution in [2.24, 2.45) is 5.92 Å². The van der Waals surface area contributed by atoms with Crippen LogP contribution in [0.25, 0.3) is 10.9 Å². The number of rotatable bonds is 3. The minimum absolute atomic E-state index is 0.187. The van der Waals surface area contributed by atoms with Crippen molar-refractivity contribution in [3.8, 4) is 0 Å². The summed E-state index contributed by atoms with van der Waals surface area (Å²) in [5.74, 6) is -0.209. The van der Waals surface area contributed by atoms with Crippen LogP contribution < -0.4 is 0 Å². The minimum Gasteiger partial charge on any atom is -0.469 e. The van der Waals surface area contributed by atoms with Crippen LogP contribution in [-0.2, 0) is 9.53 Å². The van der Waals surface area contributed by atoms with E-state index in [0.717, 1.165) is 16.5 Å². The average Bonchev–Trinajstić information content (AvgIpc) is 2.38. The van der Waals surface area contributed by atoms with E-state index in [1.165, 1.54) is 7.11 Å². The van der Waals surface area contributed by atoms with Gasteiger partial charge in [0.05, 0.1) is 18.5 Å². The van der Waals surface area contributed by atoms with E-state index < -0.39 is 0 Å². The second-order valence-corrected chi connectivity index (χ2v) is 4.70. The molecule has 0 aliphatic heterocycles. The molecule has 0 spiro atoms. The average molecular weight is 243 g/mol. The van der Waals surface area contributed by atoms with E-state index in [1.54, 1.807) is 6.20 Å². The van der Waals surface area contributed by atoms with Crippen LogP contribution in [0.2, 0.25) is 0 Å². The number of methoxy groups -OCH3 is 1. The van der Waals surface area contributed by atoms with Gasteiger partial charge in [-0.3, -0.25) is 9.78 Å². The van der Waals surface area contributed by atoms with Crippen LogP contribution in [0.4, 0.5) is 0 Å². The van der Waals surface area contributed by atoms with E-state index in [2.05, 4.69) is 4.98 Å². The van der Waals surface area contributed by atoms with E-state index in [1.807, 2.05) is 44.2 Å². The molecule has 1 aromatic carbocycles. The summed E-state index contributed by atoms with van der Waals surface area (Å²) in [4.78, 5) is 16.1. The molecule has 1 aromatic heterocycles. The summed E-state index contributed by atoms with van der Waals surface area (Å²) < 4.78 is 4.89. The Hall–Kier alpha value is -1.90. The molecule has 0 amide bonds. The number of carbonyl (C=O) groups excluding carboxylic acids is 1. The van der Waals surface area contributed by atoms with Crippen molar-refractivity contribution in [1.82, 2.24) is 4.98 Å². The highest BCUT2D eigenvalue weighted by atomic mass is 16.5. The fourth-order valence-electron chi connectivity index (χ4n) is 2.21. The van der Waals surface area contributed by atoms with Gasteiger partial charge >= 0.3 is 5.97 Å². The Kier molecular flexibility index (Phi) is 3.60. The largest absolute Gasteiger partial charge is 0.469 e. The normalized spacial score (nSPS) is 12.7. The van der Waals surface area contributed by atoms with Gasteiger partial charge in [-0.1, -0.05) is 26.0 Å². The van der Waals surface area contributed by atoms with Gasteiger partial charge in [0.15, 0.2) is 0 Å². The number of fused-ring (bicyclic) bond motifs is 1. The summed E-state index contributed by atoms with van der Waals surface area (Å²) in [5, 5.41) is 1.05. The van der Waals surface area contributed by atoms with Crippen LogP contribution >= 0.6 is 0 Å². The molecule has 2 aromatic rings. The highest BCUT2D eigenvalue weighted by Crippen LogP contribution is 2.28. The molecule has 0 saturated carbocycles. The van der Waals surface area contributed by atoms with Crippen molar-refractivity contribution >= 4 is 16.9 Å². The number of carbonyl (C=O) groups is 1. The van der Waals surface area contributed by atoms with Crippen LogP contribution in [-0.4, -0.2) is 18.1 Å². The first kappa shape index (κ1) is 12.6. The Morgan fingerprint density at radius 3 is 2.72 bits per heavy atom. The summed E-state index contributed by atoms with van der Waals surface area (Å²) in [6, 6.07) is 9.82. The summed E-state index contributed by atoms with van der Waals surface area (Å²) in [7, 11) is 1.43. The first-order valence-electron chi connectivity index (χ1n) is 6.06. The van der Waals surface area contributed by atoms with Crippen LogP contribution in [0.5, 0.6) is 0 Å². The Bertz CT molecular complexity index is 563. The summed E-state index contributed by atoms with van der Waals surface area (Å²) >= 11 is 0. The van der Waals surface area contributed by atoms with Gasteiger partial charge in [0.1, 0.15) is 0 Å². The lowest BCUT2D eigenvalue weighted by molar-refractivity contribution is -0.143. The molecule has 0 saturated heterocycles. The molecule has 0 aliphatic carbocycles.